The largest absolute Gasteiger partial charge is 0.304 e. The zero-order valence-electron chi connectivity index (χ0n) is 16.7. The molecule has 2 heterocycles. The number of benzene rings is 3. The van der Waals surface area contributed by atoms with Gasteiger partial charge in [-0.1, -0.05) is 57.3 Å². The van der Waals surface area contributed by atoms with Gasteiger partial charge in [0.15, 0.2) is 11.2 Å². The van der Waals surface area contributed by atoms with Crippen LogP contribution in [0.25, 0.3) is 39.6 Å². The molecular weight excluding hydrogens is 525 g/mol. The molecule has 33 heavy (non-hydrogen) atoms. The van der Waals surface area contributed by atoms with Gasteiger partial charge in [0, 0.05) is 20.6 Å². The van der Waals surface area contributed by atoms with E-state index >= 15 is 0 Å². The summed E-state index contributed by atoms with van der Waals surface area (Å²) < 4.78 is 2.68. The fourth-order valence-corrected chi connectivity index (χ4v) is 4.29. The number of imidazole rings is 1. The van der Waals surface area contributed by atoms with Crippen LogP contribution in [0.5, 0.6) is 0 Å². The summed E-state index contributed by atoms with van der Waals surface area (Å²) >= 11 is 15.8. The van der Waals surface area contributed by atoms with E-state index in [1.54, 1.807) is 41.0 Å². The van der Waals surface area contributed by atoms with Crippen molar-refractivity contribution < 1.29 is 0 Å². The third kappa shape index (κ3) is 3.93. The Hall–Kier alpha value is -3.44. The first-order valence-corrected chi connectivity index (χ1v) is 11.2. The van der Waals surface area contributed by atoms with E-state index in [0.717, 1.165) is 10.0 Å². The van der Waals surface area contributed by atoms with E-state index in [4.69, 9.17) is 28.2 Å². The van der Waals surface area contributed by atoms with E-state index in [1.807, 2.05) is 30.3 Å². The molecule has 5 aromatic rings. The number of nitrogens with one attached hydrogen (secondary N) is 1. The molecule has 0 amide bonds. The number of halogens is 3. The van der Waals surface area contributed by atoms with Crippen molar-refractivity contribution in [1.29, 1.82) is 5.26 Å². The molecule has 0 spiro atoms. The molecule has 0 atom stereocenters. The first-order chi connectivity index (χ1) is 15.9. The Morgan fingerprint density at radius 2 is 1.79 bits per heavy atom. The lowest BCUT2D eigenvalue weighted by Crippen LogP contribution is -2.10. The van der Waals surface area contributed by atoms with Crippen LogP contribution in [0.3, 0.4) is 0 Å². The molecule has 6 nitrogen and oxygen atoms in total. The van der Waals surface area contributed by atoms with E-state index < -0.39 is 5.56 Å². The summed E-state index contributed by atoms with van der Waals surface area (Å²) in [5, 5.41) is 10.2. The number of rotatable bonds is 3. The van der Waals surface area contributed by atoms with Crippen LogP contribution in [0.4, 0.5) is 0 Å². The summed E-state index contributed by atoms with van der Waals surface area (Å²) in [7, 11) is 0. The van der Waals surface area contributed by atoms with Crippen LogP contribution >= 0.6 is 39.1 Å². The van der Waals surface area contributed by atoms with Gasteiger partial charge in [-0.25, -0.2) is 9.97 Å². The molecular formula is C24H12BrCl2N5O. The summed E-state index contributed by atoms with van der Waals surface area (Å²) in [6.45, 7) is 0. The Balaban J connectivity index is 1.85. The van der Waals surface area contributed by atoms with Gasteiger partial charge < -0.3 is 4.98 Å². The first kappa shape index (κ1) is 21.4. The minimum Gasteiger partial charge on any atom is -0.304 e. The predicted molar refractivity (Wildman–Crippen MR) is 133 cm³/mol. The fraction of sp³-hybridized carbons (Fsp3) is 0. The van der Waals surface area contributed by atoms with E-state index in [-0.39, 0.29) is 11.3 Å². The summed E-state index contributed by atoms with van der Waals surface area (Å²) in [6.07, 6.45) is 0. The predicted octanol–water partition coefficient (Wildman–Crippen LogP) is 6.38. The van der Waals surface area contributed by atoms with Gasteiger partial charge in [-0.15, -0.1) is 0 Å². The van der Waals surface area contributed by atoms with Crippen molar-refractivity contribution in [3.05, 3.63) is 97.2 Å². The van der Waals surface area contributed by atoms with Gasteiger partial charge in [0.1, 0.15) is 11.6 Å². The number of hydrogen-bond donors (Lipinski definition) is 1. The maximum absolute atomic E-state index is 13.1. The number of H-pyrrole nitrogens is 1. The number of nitrogens with zero attached hydrogens (tertiary/aromatic N) is 4. The number of aromatic nitrogens is 4. The zero-order valence-corrected chi connectivity index (χ0v) is 19.8. The van der Waals surface area contributed by atoms with Crippen LogP contribution in [0.15, 0.2) is 76.0 Å². The quantitative estimate of drug-likeness (QED) is 0.289. The molecule has 1 N–H and O–H groups in total. The lowest BCUT2D eigenvalue weighted by Gasteiger charge is -2.10. The van der Waals surface area contributed by atoms with Crippen molar-refractivity contribution in [3.8, 4) is 34.5 Å². The Labute approximate surface area is 206 Å². The molecule has 0 aliphatic heterocycles. The lowest BCUT2D eigenvalue weighted by molar-refractivity contribution is 1.06. The molecule has 3 aromatic carbocycles. The Morgan fingerprint density at radius 3 is 2.52 bits per heavy atom. The summed E-state index contributed by atoms with van der Waals surface area (Å²) in [6, 6.07) is 21.7. The van der Waals surface area contributed by atoms with E-state index in [0.29, 0.717) is 38.3 Å². The van der Waals surface area contributed by atoms with E-state index in [1.165, 1.54) is 0 Å². The van der Waals surface area contributed by atoms with Crippen molar-refractivity contribution >= 4 is 50.3 Å². The van der Waals surface area contributed by atoms with Gasteiger partial charge in [-0.2, -0.15) is 5.26 Å². The minimum absolute atomic E-state index is 0.170. The topological polar surface area (TPSA) is 87.4 Å². The van der Waals surface area contributed by atoms with Gasteiger partial charge >= 0.3 is 0 Å². The molecule has 0 aliphatic rings. The van der Waals surface area contributed by atoms with Crippen LogP contribution in [0.1, 0.15) is 5.56 Å². The second-order valence-corrected chi connectivity index (χ2v) is 8.91. The highest BCUT2D eigenvalue weighted by Crippen LogP contribution is 2.31. The molecule has 0 saturated carbocycles. The van der Waals surface area contributed by atoms with Gasteiger partial charge in [-0.05, 0) is 48.5 Å². The third-order valence-electron chi connectivity index (χ3n) is 5.04. The Bertz CT molecular complexity index is 1630. The van der Waals surface area contributed by atoms with Gasteiger partial charge in [0.25, 0.3) is 5.56 Å². The van der Waals surface area contributed by atoms with Crippen LogP contribution in [-0.2, 0) is 0 Å². The van der Waals surface area contributed by atoms with Crippen molar-refractivity contribution in [2.75, 3.05) is 0 Å². The normalized spacial score (nSPS) is 11.0. The van der Waals surface area contributed by atoms with E-state index in [2.05, 4.69) is 32.0 Å². The molecule has 0 unspecified atom stereocenters. The zero-order chi connectivity index (χ0) is 23.1. The number of fused-ring (bicyclic) bond motifs is 1. The molecule has 0 aliphatic carbocycles. The first-order valence-electron chi connectivity index (χ1n) is 9.69. The molecule has 2 aromatic heterocycles. The molecule has 0 bridgehead atoms. The van der Waals surface area contributed by atoms with Crippen molar-refractivity contribution in [2.45, 2.75) is 0 Å². The summed E-state index contributed by atoms with van der Waals surface area (Å²) in [5.74, 6) is 0.805. The van der Waals surface area contributed by atoms with Crippen LogP contribution < -0.4 is 5.56 Å². The Morgan fingerprint density at radius 1 is 1.00 bits per heavy atom. The Kier molecular flexibility index (Phi) is 5.51. The molecule has 5 rings (SSSR count). The molecule has 9 heteroatoms. The number of nitriles is 1. The standard InChI is InChI=1S/C24H12BrCl2N5O/c25-15-6-4-14(5-7-15)22-29-20-23(32(22)17-3-1-2-13(10-17)12-28)30-21(31-24(20)33)18-9-8-16(26)11-19(18)27/h1-11H,(H,30,31,33). The van der Waals surface area contributed by atoms with E-state index in [9.17, 15) is 10.1 Å². The fourth-order valence-electron chi connectivity index (χ4n) is 3.53. The van der Waals surface area contributed by atoms with Gasteiger partial charge in [0.2, 0.25) is 0 Å². The monoisotopic (exact) mass is 535 g/mol. The van der Waals surface area contributed by atoms with Crippen LogP contribution in [-0.4, -0.2) is 19.5 Å². The average Bonchev–Trinajstić information content (AvgIpc) is 3.19. The molecule has 0 radical (unpaired) electrons. The second kappa shape index (κ2) is 8.49. The van der Waals surface area contributed by atoms with Gasteiger partial charge in [-0.3, -0.25) is 9.36 Å². The van der Waals surface area contributed by atoms with Crippen molar-refractivity contribution in [2.24, 2.45) is 0 Å². The van der Waals surface area contributed by atoms with Crippen molar-refractivity contribution in [3.63, 3.8) is 0 Å². The second-order valence-electron chi connectivity index (χ2n) is 7.15. The highest BCUT2D eigenvalue weighted by atomic mass is 79.9. The average molecular weight is 537 g/mol. The third-order valence-corrected chi connectivity index (χ3v) is 6.12. The smallest absolute Gasteiger partial charge is 0.279 e. The minimum atomic E-state index is -0.408. The maximum atomic E-state index is 13.1. The lowest BCUT2D eigenvalue weighted by atomic mass is 10.2. The molecule has 0 fully saturated rings. The van der Waals surface area contributed by atoms with Crippen LogP contribution in [0.2, 0.25) is 10.0 Å². The molecule has 0 saturated heterocycles. The SMILES string of the molecule is N#Cc1cccc(-n2c(-c3ccc(Br)cc3)nc3c(=O)[nH]c(-c4ccc(Cl)cc4Cl)nc32)c1. The highest BCUT2D eigenvalue weighted by molar-refractivity contribution is 9.10. The number of hydrogen-bond acceptors (Lipinski definition) is 4. The number of aromatic amines is 1. The summed E-state index contributed by atoms with van der Waals surface area (Å²) in [5.41, 5.74) is 2.54. The highest BCUT2D eigenvalue weighted by Gasteiger charge is 2.20. The summed E-state index contributed by atoms with van der Waals surface area (Å²) in [4.78, 5) is 25.2. The van der Waals surface area contributed by atoms with Crippen LogP contribution in [0, 0.1) is 11.3 Å². The maximum Gasteiger partial charge on any atom is 0.279 e. The van der Waals surface area contributed by atoms with Gasteiger partial charge in [0.05, 0.1) is 22.3 Å². The molecule has 160 valence electrons. The van der Waals surface area contributed by atoms with Crippen molar-refractivity contribution in [1.82, 2.24) is 19.5 Å².